The standard InChI is InChI=1S/C25H35FN7O7P/c1-14(2)38-22(35)15(3)31-41(36,40-16-10-8-7-9-11-16)37-12-17-19(34)25(4,26)23(39-17)33-13-28-18-20(32(5)6)29-24(27)30-21(18)33/h7-11,13-15,17,19,23,34H,12H2,1-6H3,(H,31,36)(H2,27,29,30)/t15-,17-,19-,23-,25-,41-/m1/s1. The molecule has 1 aliphatic rings. The molecule has 3 aromatic rings. The number of carbonyl (C=O) groups excluding carboxylic acids is 1. The Hall–Kier alpha value is -3.36. The van der Waals surface area contributed by atoms with Crippen molar-refractivity contribution >= 4 is 36.6 Å². The number of carbonyl (C=O) groups is 1. The van der Waals surface area contributed by atoms with Crippen molar-refractivity contribution in [1.29, 1.82) is 0 Å². The predicted octanol–water partition coefficient (Wildman–Crippen LogP) is 2.59. The van der Waals surface area contributed by atoms with E-state index in [1.165, 1.54) is 17.8 Å². The number of halogens is 1. The zero-order valence-electron chi connectivity index (χ0n) is 23.6. The highest BCUT2D eigenvalue weighted by Crippen LogP contribution is 2.48. The maximum absolute atomic E-state index is 16.0. The first kappa shape index (κ1) is 30.6. The molecule has 1 fully saturated rings. The molecule has 16 heteroatoms. The Kier molecular flexibility index (Phi) is 8.85. The van der Waals surface area contributed by atoms with Gasteiger partial charge < -0.3 is 29.7 Å². The van der Waals surface area contributed by atoms with Gasteiger partial charge in [-0.05, 0) is 39.8 Å². The van der Waals surface area contributed by atoms with E-state index in [0.29, 0.717) is 11.3 Å². The normalized spacial score (nSPS) is 24.8. The number of hydrogen-bond donors (Lipinski definition) is 3. The Balaban J connectivity index is 1.57. The minimum absolute atomic E-state index is 0.0582. The number of para-hydroxylation sites is 1. The average molecular weight is 596 g/mol. The zero-order valence-corrected chi connectivity index (χ0v) is 24.5. The summed E-state index contributed by atoms with van der Waals surface area (Å²) in [5, 5.41) is 13.5. The monoisotopic (exact) mass is 595 g/mol. The van der Waals surface area contributed by atoms with Crippen molar-refractivity contribution < 1.29 is 37.4 Å². The number of hydrogen-bond acceptors (Lipinski definition) is 12. The Morgan fingerprint density at radius 1 is 1.29 bits per heavy atom. The summed E-state index contributed by atoms with van der Waals surface area (Å²) in [4.78, 5) is 26.8. The molecular formula is C25H35FN7O7P. The lowest BCUT2D eigenvalue weighted by atomic mass is 9.98. The number of nitrogen functional groups attached to an aromatic ring is 1. The first-order chi connectivity index (χ1) is 19.2. The van der Waals surface area contributed by atoms with E-state index in [1.807, 2.05) is 0 Å². The van der Waals surface area contributed by atoms with Gasteiger partial charge in [0.1, 0.15) is 24.0 Å². The Morgan fingerprint density at radius 3 is 2.61 bits per heavy atom. The minimum Gasteiger partial charge on any atom is -0.462 e. The molecule has 0 radical (unpaired) electrons. The van der Waals surface area contributed by atoms with Gasteiger partial charge in [0.15, 0.2) is 28.9 Å². The summed E-state index contributed by atoms with van der Waals surface area (Å²) in [5.41, 5.74) is 4.07. The Morgan fingerprint density at radius 2 is 1.98 bits per heavy atom. The number of ether oxygens (including phenoxy) is 2. The van der Waals surface area contributed by atoms with Gasteiger partial charge >= 0.3 is 13.7 Å². The van der Waals surface area contributed by atoms with Crippen molar-refractivity contribution in [2.45, 2.75) is 63.9 Å². The molecule has 0 amide bonds. The van der Waals surface area contributed by atoms with E-state index in [0.717, 1.165) is 6.92 Å². The third-order valence-electron chi connectivity index (χ3n) is 6.25. The van der Waals surface area contributed by atoms with E-state index in [9.17, 15) is 14.5 Å². The number of imidazole rings is 1. The molecule has 4 rings (SSSR count). The first-order valence-corrected chi connectivity index (χ1v) is 14.4. The number of aliphatic hydroxyl groups excluding tert-OH is 1. The molecule has 4 N–H and O–H groups in total. The second kappa shape index (κ2) is 11.9. The van der Waals surface area contributed by atoms with Crippen LogP contribution in [0.1, 0.15) is 33.9 Å². The van der Waals surface area contributed by atoms with E-state index in [4.69, 9.17) is 24.3 Å². The molecule has 6 atom stereocenters. The molecular weight excluding hydrogens is 560 g/mol. The molecule has 14 nitrogen and oxygen atoms in total. The first-order valence-electron chi connectivity index (χ1n) is 12.9. The molecule has 0 bridgehead atoms. The summed E-state index contributed by atoms with van der Waals surface area (Å²) in [6, 6.07) is 7.06. The van der Waals surface area contributed by atoms with Gasteiger partial charge in [-0.25, -0.2) is 13.9 Å². The molecule has 1 saturated heterocycles. The van der Waals surface area contributed by atoms with Crippen LogP contribution in [-0.4, -0.2) is 81.3 Å². The van der Waals surface area contributed by atoms with E-state index in [1.54, 1.807) is 63.2 Å². The van der Waals surface area contributed by atoms with Gasteiger partial charge in [0, 0.05) is 14.1 Å². The Labute approximate surface area is 236 Å². The Bertz CT molecular complexity index is 1420. The lowest BCUT2D eigenvalue weighted by molar-refractivity contribution is -0.149. The molecule has 3 heterocycles. The molecule has 0 aliphatic carbocycles. The number of aliphatic hydroxyl groups is 1. The molecule has 41 heavy (non-hydrogen) atoms. The number of benzene rings is 1. The molecule has 0 unspecified atom stereocenters. The maximum atomic E-state index is 16.0. The van der Waals surface area contributed by atoms with Crippen LogP contribution in [0.15, 0.2) is 36.7 Å². The highest BCUT2D eigenvalue weighted by atomic mass is 31.2. The van der Waals surface area contributed by atoms with Crippen molar-refractivity contribution in [2.75, 3.05) is 31.3 Å². The topological polar surface area (TPSA) is 176 Å². The van der Waals surface area contributed by atoms with Gasteiger partial charge in [-0.3, -0.25) is 13.9 Å². The van der Waals surface area contributed by atoms with Crippen LogP contribution in [0.2, 0.25) is 0 Å². The molecule has 0 saturated carbocycles. The van der Waals surface area contributed by atoms with Crippen LogP contribution in [0.5, 0.6) is 5.75 Å². The highest BCUT2D eigenvalue weighted by Gasteiger charge is 2.56. The van der Waals surface area contributed by atoms with E-state index in [-0.39, 0.29) is 17.3 Å². The summed E-state index contributed by atoms with van der Waals surface area (Å²) in [6.45, 7) is 5.39. The summed E-state index contributed by atoms with van der Waals surface area (Å²) < 4.78 is 53.4. The van der Waals surface area contributed by atoms with Gasteiger partial charge in [0.05, 0.1) is 19.0 Å². The molecule has 1 aromatic carbocycles. The number of alkyl halides is 1. The van der Waals surface area contributed by atoms with E-state index in [2.05, 4.69) is 20.0 Å². The SMILES string of the molecule is CC(C)OC(=O)[C@@H](C)N[P@@](=O)(OC[C@H]1O[C@@H](n2cnc3c(N(C)C)nc(N)nc32)[C@](C)(F)[C@@H]1O)Oc1ccccc1. The van der Waals surface area contributed by atoms with E-state index < -0.39 is 56.6 Å². The van der Waals surface area contributed by atoms with Crippen LogP contribution >= 0.6 is 7.75 Å². The summed E-state index contributed by atoms with van der Waals surface area (Å²) in [7, 11) is -0.793. The van der Waals surface area contributed by atoms with Crippen molar-refractivity contribution in [1.82, 2.24) is 24.6 Å². The van der Waals surface area contributed by atoms with Gasteiger partial charge in [-0.1, -0.05) is 18.2 Å². The highest BCUT2D eigenvalue weighted by molar-refractivity contribution is 7.52. The number of fused-ring (bicyclic) bond motifs is 1. The van der Waals surface area contributed by atoms with Crippen LogP contribution in [0.3, 0.4) is 0 Å². The second-order valence-electron chi connectivity index (χ2n) is 10.3. The van der Waals surface area contributed by atoms with Crippen molar-refractivity contribution in [2.24, 2.45) is 0 Å². The summed E-state index contributed by atoms with van der Waals surface area (Å²) in [5.74, 6) is -0.135. The predicted molar refractivity (Wildman–Crippen MR) is 148 cm³/mol. The third-order valence-corrected chi connectivity index (χ3v) is 7.89. The lowest BCUT2D eigenvalue weighted by Gasteiger charge is -2.25. The van der Waals surface area contributed by atoms with Gasteiger partial charge in [-0.15, -0.1) is 0 Å². The van der Waals surface area contributed by atoms with Crippen LogP contribution in [0.4, 0.5) is 16.2 Å². The fraction of sp³-hybridized carbons (Fsp3) is 0.520. The van der Waals surface area contributed by atoms with Gasteiger partial charge in [0.2, 0.25) is 5.95 Å². The number of nitrogens with one attached hydrogen (secondary N) is 1. The molecule has 2 aromatic heterocycles. The van der Waals surface area contributed by atoms with Crippen molar-refractivity contribution in [3.05, 3.63) is 36.7 Å². The minimum atomic E-state index is -4.28. The quantitative estimate of drug-likeness (QED) is 0.218. The smallest absolute Gasteiger partial charge is 0.459 e. The summed E-state index contributed by atoms with van der Waals surface area (Å²) >= 11 is 0. The van der Waals surface area contributed by atoms with Gasteiger partial charge in [-0.2, -0.15) is 15.1 Å². The largest absolute Gasteiger partial charge is 0.462 e. The summed E-state index contributed by atoms with van der Waals surface area (Å²) in [6.07, 6.45) is -3.50. The number of rotatable bonds is 11. The van der Waals surface area contributed by atoms with Crippen LogP contribution in [-0.2, 0) is 23.4 Å². The fourth-order valence-electron chi connectivity index (χ4n) is 4.26. The molecule has 0 spiro atoms. The van der Waals surface area contributed by atoms with Crippen molar-refractivity contribution in [3.63, 3.8) is 0 Å². The van der Waals surface area contributed by atoms with E-state index >= 15 is 4.39 Å². The molecule has 1 aliphatic heterocycles. The fourth-order valence-corrected chi connectivity index (χ4v) is 5.76. The van der Waals surface area contributed by atoms with Gasteiger partial charge in [0.25, 0.3) is 0 Å². The number of anilines is 2. The lowest BCUT2D eigenvalue weighted by Crippen LogP contribution is -2.41. The number of nitrogens with two attached hydrogens (primary N) is 1. The average Bonchev–Trinajstić information content (AvgIpc) is 3.40. The van der Waals surface area contributed by atoms with Crippen LogP contribution in [0, 0.1) is 0 Å². The van der Waals surface area contributed by atoms with Crippen LogP contribution in [0.25, 0.3) is 11.2 Å². The van der Waals surface area contributed by atoms with Crippen LogP contribution < -0.4 is 20.2 Å². The second-order valence-corrected chi connectivity index (χ2v) is 12.0. The molecule has 224 valence electrons. The third kappa shape index (κ3) is 6.60. The van der Waals surface area contributed by atoms with Crippen molar-refractivity contribution in [3.8, 4) is 5.75 Å². The zero-order chi connectivity index (χ0) is 30.1. The number of nitrogens with zero attached hydrogens (tertiary/aromatic N) is 5. The number of esters is 1. The number of aromatic nitrogens is 4. The maximum Gasteiger partial charge on any atom is 0.459 e.